The summed E-state index contributed by atoms with van der Waals surface area (Å²) in [6, 6.07) is 10.6. The number of rotatable bonds is 10. The zero-order valence-electron chi connectivity index (χ0n) is 20.7. The van der Waals surface area contributed by atoms with Crippen LogP contribution in [0.15, 0.2) is 48.5 Å². The number of carbonyl (C=O) groups excluding carboxylic acids is 3. The van der Waals surface area contributed by atoms with Crippen molar-refractivity contribution in [3.63, 3.8) is 0 Å². The number of halogens is 1. The molecule has 0 radical (unpaired) electrons. The molecule has 1 fully saturated rings. The second-order valence-corrected chi connectivity index (χ2v) is 9.35. The van der Waals surface area contributed by atoms with E-state index in [1.807, 2.05) is 6.92 Å². The van der Waals surface area contributed by atoms with Crippen LogP contribution in [0.3, 0.4) is 0 Å². The molecule has 0 saturated carbocycles. The van der Waals surface area contributed by atoms with Gasteiger partial charge in [0.15, 0.2) is 5.69 Å². The van der Waals surface area contributed by atoms with Crippen molar-refractivity contribution in [3.05, 3.63) is 70.5 Å². The summed E-state index contributed by atoms with van der Waals surface area (Å²) >= 11 is 0.704. The Morgan fingerprint density at radius 1 is 1.21 bits per heavy atom. The predicted octanol–water partition coefficient (Wildman–Crippen LogP) is 3.05. The summed E-state index contributed by atoms with van der Waals surface area (Å²) in [4.78, 5) is 40.6. The van der Waals surface area contributed by atoms with Crippen LogP contribution in [0.2, 0.25) is 0 Å². The van der Waals surface area contributed by atoms with Gasteiger partial charge >= 0.3 is 0 Å². The van der Waals surface area contributed by atoms with Gasteiger partial charge in [-0.1, -0.05) is 12.1 Å². The van der Waals surface area contributed by atoms with Crippen molar-refractivity contribution in [1.29, 1.82) is 0 Å². The van der Waals surface area contributed by atoms with Crippen LogP contribution in [-0.2, 0) is 9.53 Å². The van der Waals surface area contributed by atoms with E-state index in [-0.39, 0.29) is 28.9 Å². The molecule has 2 atom stereocenters. The Labute approximate surface area is 222 Å². The number of aromatic nitrogens is 1. The van der Waals surface area contributed by atoms with Crippen LogP contribution >= 0.6 is 11.5 Å². The Balaban J connectivity index is 1.80. The molecule has 0 unspecified atom stereocenters. The first-order valence-corrected chi connectivity index (χ1v) is 12.8. The van der Waals surface area contributed by atoms with E-state index in [0.717, 1.165) is 12.8 Å². The lowest BCUT2D eigenvalue weighted by molar-refractivity contribution is -0.123. The summed E-state index contributed by atoms with van der Waals surface area (Å²) in [6.07, 6.45) is 1.56. The number of ether oxygens (including phenoxy) is 2. The van der Waals surface area contributed by atoms with Gasteiger partial charge in [0.05, 0.1) is 18.4 Å². The fourth-order valence-corrected chi connectivity index (χ4v) is 4.91. The van der Waals surface area contributed by atoms with Gasteiger partial charge in [0.2, 0.25) is 5.91 Å². The minimum atomic E-state index is -1.22. The van der Waals surface area contributed by atoms with Crippen LogP contribution in [0.25, 0.3) is 0 Å². The summed E-state index contributed by atoms with van der Waals surface area (Å²) in [5.74, 6) is -2.00. The van der Waals surface area contributed by atoms with Crippen LogP contribution in [0, 0.1) is 5.82 Å². The third-order valence-corrected chi connectivity index (χ3v) is 6.87. The highest BCUT2D eigenvalue weighted by Gasteiger charge is 2.36. The molecule has 4 rings (SSSR count). The smallest absolute Gasteiger partial charge is 0.273 e. The summed E-state index contributed by atoms with van der Waals surface area (Å²) < 4.78 is 28.9. The van der Waals surface area contributed by atoms with Crippen molar-refractivity contribution in [2.75, 3.05) is 30.4 Å². The van der Waals surface area contributed by atoms with E-state index in [4.69, 9.17) is 20.9 Å². The lowest BCUT2D eigenvalue weighted by Gasteiger charge is -2.31. The minimum absolute atomic E-state index is 0.0632. The molecule has 0 aliphatic carbocycles. The highest BCUT2D eigenvalue weighted by molar-refractivity contribution is 7.09. The molecule has 12 heteroatoms. The number of hydrogen-bond acceptors (Lipinski definition) is 8. The number of benzene rings is 2. The Hall–Kier alpha value is -4.03. The highest BCUT2D eigenvalue weighted by Crippen LogP contribution is 2.34. The van der Waals surface area contributed by atoms with Crippen LogP contribution in [-0.4, -0.2) is 48.0 Å². The fraction of sp³-hybridized carbons (Fsp3) is 0.308. The summed E-state index contributed by atoms with van der Waals surface area (Å²) in [5, 5.41) is 2.87. The van der Waals surface area contributed by atoms with Crippen molar-refractivity contribution in [1.82, 2.24) is 9.69 Å². The maximum absolute atomic E-state index is 14.0. The maximum atomic E-state index is 14.0. The van der Waals surface area contributed by atoms with E-state index in [1.54, 1.807) is 24.3 Å². The van der Waals surface area contributed by atoms with Gasteiger partial charge in [0.25, 0.3) is 11.8 Å². The molecule has 2 heterocycles. The van der Waals surface area contributed by atoms with Crippen LogP contribution in [0.4, 0.5) is 15.8 Å². The number of anilines is 2. The number of amides is 3. The molecule has 5 N–H and O–H groups in total. The number of nitrogens with two attached hydrogens (primary N) is 2. The van der Waals surface area contributed by atoms with E-state index >= 15 is 0 Å². The lowest BCUT2D eigenvalue weighted by Crippen LogP contribution is -2.45. The minimum Gasteiger partial charge on any atom is -0.494 e. The first kappa shape index (κ1) is 27.0. The monoisotopic (exact) mass is 541 g/mol. The Kier molecular flexibility index (Phi) is 8.54. The molecular formula is C26H28FN5O5S. The number of primary amides is 1. The Morgan fingerprint density at radius 3 is 2.50 bits per heavy atom. The molecule has 38 heavy (non-hydrogen) atoms. The SMILES string of the molecule is CCOc1ccc(N(C(=O)c2snc(C(N)=O)c2N)[C@@H](C(=O)NC[C@H]2CCCO2)c2ccc(F)cc2)cc1. The molecular weight excluding hydrogens is 513 g/mol. The standard InChI is InChI=1S/C26H28FN5O5S/c1-2-36-18-11-9-17(10-12-18)32(26(35)23-20(28)21(24(29)33)31-38-23)22(15-5-7-16(27)8-6-15)25(34)30-14-19-4-3-13-37-19/h5-12,19,22H,2-4,13-14,28H2,1H3,(H2,29,33)(H,30,34)/t19-,22-/m1/s1. The van der Waals surface area contributed by atoms with E-state index in [2.05, 4.69) is 9.69 Å². The van der Waals surface area contributed by atoms with Crippen molar-refractivity contribution in [2.45, 2.75) is 31.9 Å². The van der Waals surface area contributed by atoms with Gasteiger partial charge < -0.3 is 26.3 Å². The van der Waals surface area contributed by atoms with Gasteiger partial charge in [-0.2, -0.15) is 4.37 Å². The molecule has 200 valence electrons. The molecule has 2 aromatic carbocycles. The van der Waals surface area contributed by atoms with Gasteiger partial charge in [-0.25, -0.2) is 4.39 Å². The first-order chi connectivity index (χ1) is 18.3. The van der Waals surface area contributed by atoms with E-state index in [9.17, 15) is 18.8 Å². The van der Waals surface area contributed by atoms with Crippen molar-refractivity contribution < 1.29 is 28.2 Å². The zero-order chi connectivity index (χ0) is 27.2. The Bertz CT molecular complexity index is 1290. The number of carbonyl (C=O) groups is 3. The van der Waals surface area contributed by atoms with E-state index < -0.39 is 29.6 Å². The quantitative estimate of drug-likeness (QED) is 0.357. The number of hydrogen-bond donors (Lipinski definition) is 3. The number of nitrogens with zero attached hydrogens (tertiary/aromatic N) is 2. The number of nitrogens with one attached hydrogen (secondary N) is 1. The molecule has 0 spiro atoms. The fourth-order valence-electron chi connectivity index (χ4n) is 4.17. The molecule has 1 aromatic heterocycles. The van der Waals surface area contributed by atoms with E-state index in [1.165, 1.54) is 29.2 Å². The second kappa shape index (κ2) is 12.0. The third kappa shape index (κ3) is 5.92. The number of nitrogen functional groups attached to an aromatic ring is 1. The average Bonchev–Trinajstić information content (AvgIpc) is 3.57. The summed E-state index contributed by atoms with van der Waals surface area (Å²) in [7, 11) is 0. The molecule has 3 amide bonds. The molecule has 3 aromatic rings. The average molecular weight is 542 g/mol. The predicted molar refractivity (Wildman–Crippen MR) is 141 cm³/mol. The van der Waals surface area contributed by atoms with Gasteiger partial charge in [-0.15, -0.1) is 0 Å². The molecule has 0 bridgehead atoms. The first-order valence-electron chi connectivity index (χ1n) is 12.1. The van der Waals surface area contributed by atoms with Gasteiger partial charge in [0, 0.05) is 18.8 Å². The molecule has 1 saturated heterocycles. The van der Waals surface area contributed by atoms with Crippen molar-refractivity contribution in [2.24, 2.45) is 5.73 Å². The second-order valence-electron chi connectivity index (χ2n) is 8.57. The summed E-state index contributed by atoms with van der Waals surface area (Å²) in [5.41, 5.74) is 11.7. The largest absolute Gasteiger partial charge is 0.494 e. The van der Waals surface area contributed by atoms with Crippen LogP contribution in [0.5, 0.6) is 5.75 Å². The molecule has 1 aliphatic rings. The van der Waals surface area contributed by atoms with Gasteiger partial charge in [-0.05, 0) is 73.3 Å². The van der Waals surface area contributed by atoms with Crippen molar-refractivity contribution in [3.8, 4) is 5.75 Å². The topological polar surface area (TPSA) is 150 Å². The Morgan fingerprint density at radius 2 is 1.92 bits per heavy atom. The van der Waals surface area contributed by atoms with Gasteiger partial charge in [-0.3, -0.25) is 19.3 Å². The van der Waals surface area contributed by atoms with Crippen LogP contribution < -0.4 is 26.4 Å². The van der Waals surface area contributed by atoms with Crippen molar-refractivity contribution >= 4 is 40.6 Å². The lowest BCUT2D eigenvalue weighted by atomic mass is 10.0. The zero-order valence-corrected chi connectivity index (χ0v) is 21.5. The van der Waals surface area contributed by atoms with Gasteiger partial charge in [0.1, 0.15) is 22.5 Å². The highest BCUT2D eigenvalue weighted by atomic mass is 32.1. The third-order valence-electron chi connectivity index (χ3n) is 6.02. The molecule has 1 aliphatic heterocycles. The molecule has 10 nitrogen and oxygen atoms in total. The van der Waals surface area contributed by atoms with E-state index in [0.29, 0.717) is 41.7 Å². The maximum Gasteiger partial charge on any atom is 0.273 e. The van der Waals surface area contributed by atoms with Crippen LogP contribution in [0.1, 0.15) is 51.5 Å². The normalized spacial score (nSPS) is 15.6. The summed E-state index contributed by atoms with van der Waals surface area (Å²) in [6.45, 7) is 3.15.